The number of carbonyl (C=O) groups excluding carboxylic acids is 4. The molecule has 0 N–H and O–H groups in total. The molecule has 0 heterocycles. The zero-order chi connectivity index (χ0) is 22.8. The van der Waals surface area contributed by atoms with Crippen LogP contribution in [0, 0.1) is 13.8 Å². The number of carbonyl (C=O) groups is 4. The quantitative estimate of drug-likeness (QED) is 0.276. The Bertz CT molecular complexity index is 413. The molecule has 8 nitrogen and oxygen atoms in total. The fourth-order valence-electron chi connectivity index (χ4n) is 0.653. The fraction of sp³-hybridized carbons (Fsp3) is 0.500. The van der Waals surface area contributed by atoms with E-state index in [4.69, 9.17) is 0 Å². The van der Waals surface area contributed by atoms with Gasteiger partial charge in [-0.1, -0.05) is 53.4 Å². The average Bonchev–Trinajstić information content (AvgIpc) is 2.66. The molecular weight excluding hydrogens is 487 g/mol. The van der Waals surface area contributed by atoms with Crippen LogP contribution in [0.2, 0.25) is 0 Å². The summed E-state index contributed by atoms with van der Waals surface area (Å²) in [5.41, 5.74) is 0. The molecule has 0 amide bonds. The Labute approximate surface area is 191 Å². The van der Waals surface area contributed by atoms with Crippen LogP contribution in [0.5, 0.6) is 0 Å². The largest absolute Gasteiger partial charge is 0.463 e. The summed E-state index contributed by atoms with van der Waals surface area (Å²) in [7, 11) is 0. The summed E-state index contributed by atoms with van der Waals surface area (Å²) < 4.78 is 8.75. The third-order valence-corrected chi connectivity index (χ3v) is 1.99. The predicted octanol–water partition coefficient (Wildman–Crippen LogP) is 2.99. The molecule has 0 aliphatic carbocycles. The van der Waals surface area contributed by atoms with Gasteiger partial charge in [0.1, 0.15) is 0 Å². The summed E-state index contributed by atoms with van der Waals surface area (Å²) in [6, 6.07) is 0. The van der Waals surface area contributed by atoms with Crippen LogP contribution in [0.1, 0.15) is 53.4 Å². The SMILES string of the molecule is CCOC(=O)/C=C\C([O])=O.CCOC(=O)/C=C\C([O])=O.[CH2]CCC.[CH2]CCC.[Sn]. The predicted molar refractivity (Wildman–Crippen MR) is 109 cm³/mol. The standard InChI is InChI=1S/2C6H7O4.2C4H9.Sn/c2*1-2-10-6(9)4-3-5(7)8;2*1-3-4-2;/h2*3-4H,2H2,1H3;2*1,3-4H2,2H3;/b2*4-3-;;;. The third-order valence-electron chi connectivity index (χ3n) is 1.99. The van der Waals surface area contributed by atoms with Crippen molar-refractivity contribution in [3.8, 4) is 0 Å². The van der Waals surface area contributed by atoms with Gasteiger partial charge in [0.15, 0.2) is 0 Å². The van der Waals surface area contributed by atoms with Gasteiger partial charge >= 0.3 is 23.9 Å². The molecule has 0 bridgehead atoms. The second-order valence-electron chi connectivity index (χ2n) is 4.52. The topological polar surface area (TPSA) is 127 Å². The molecule has 29 heavy (non-hydrogen) atoms. The van der Waals surface area contributed by atoms with Crippen LogP contribution < -0.4 is 0 Å². The van der Waals surface area contributed by atoms with Gasteiger partial charge < -0.3 is 9.47 Å². The fourth-order valence-corrected chi connectivity index (χ4v) is 0.653. The Balaban J connectivity index is -0.0000000950. The van der Waals surface area contributed by atoms with Gasteiger partial charge in [0.05, 0.1) is 13.2 Å². The molecule has 0 fully saturated rings. The maximum Gasteiger partial charge on any atom is 0.379 e. The van der Waals surface area contributed by atoms with E-state index in [-0.39, 0.29) is 37.1 Å². The maximum atomic E-state index is 10.3. The zero-order valence-electron chi connectivity index (χ0n) is 17.7. The molecule has 0 spiro atoms. The molecule has 0 aromatic carbocycles. The first-order valence-electron chi connectivity index (χ1n) is 8.86. The molecule has 0 aliphatic rings. The Hall–Kier alpha value is -1.84. The van der Waals surface area contributed by atoms with Crippen molar-refractivity contribution in [2.45, 2.75) is 53.4 Å². The molecule has 9 heteroatoms. The van der Waals surface area contributed by atoms with Gasteiger partial charge in [0, 0.05) is 48.2 Å². The molecule has 0 saturated heterocycles. The summed E-state index contributed by atoms with van der Waals surface area (Å²) in [6.45, 7) is 15.2. The van der Waals surface area contributed by atoms with Gasteiger partial charge in [0.2, 0.25) is 0 Å². The maximum absolute atomic E-state index is 10.3. The smallest absolute Gasteiger partial charge is 0.379 e. The van der Waals surface area contributed by atoms with Crippen LogP contribution in [-0.2, 0) is 38.9 Å². The van der Waals surface area contributed by atoms with E-state index in [1.807, 2.05) is 0 Å². The summed E-state index contributed by atoms with van der Waals surface area (Å²) in [5.74, 6) is -4.17. The van der Waals surface area contributed by atoms with Crippen molar-refractivity contribution in [2.75, 3.05) is 13.2 Å². The second-order valence-corrected chi connectivity index (χ2v) is 4.52. The van der Waals surface area contributed by atoms with Crippen LogP contribution in [0.3, 0.4) is 0 Å². The van der Waals surface area contributed by atoms with Crippen molar-refractivity contribution in [3.05, 3.63) is 38.2 Å². The summed E-state index contributed by atoms with van der Waals surface area (Å²) in [4.78, 5) is 40.1. The number of unbranched alkanes of at least 4 members (excludes halogenated alkanes) is 2. The molecule has 0 aromatic rings. The van der Waals surface area contributed by atoms with Crippen molar-refractivity contribution in [1.29, 1.82) is 0 Å². The first-order valence-corrected chi connectivity index (χ1v) is 8.86. The average molecular weight is 519 g/mol. The summed E-state index contributed by atoms with van der Waals surface area (Å²) >= 11 is 0. The van der Waals surface area contributed by atoms with Crippen molar-refractivity contribution in [1.82, 2.24) is 0 Å². The van der Waals surface area contributed by atoms with Gasteiger partial charge in [-0.3, -0.25) is 0 Å². The number of ether oxygens (including phenoxy) is 2. The van der Waals surface area contributed by atoms with Crippen LogP contribution >= 0.6 is 0 Å². The van der Waals surface area contributed by atoms with E-state index >= 15 is 0 Å². The van der Waals surface area contributed by atoms with E-state index in [0.29, 0.717) is 12.2 Å². The van der Waals surface area contributed by atoms with Crippen molar-refractivity contribution >= 4 is 47.8 Å². The van der Waals surface area contributed by atoms with Gasteiger partial charge in [-0.05, 0) is 13.8 Å². The number of rotatable bonds is 8. The van der Waals surface area contributed by atoms with E-state index < -0.39 is 23.9 Å². The first-order chi connectivity index (χ1) is 13.2. The molecule has 164 valence electrons. The van der Waals surface area contributed by atoms with Gasteiger partial charge in [0.25, 0.3) is 0 Å². The Morgan fingerprint density at radius 2 is 0.897 bits per heavy atom. The molecule has 0 unspecified atom stereocenters. The Morgan fingerprint density at radius 1 is 0.655 bits per heavy atom. The van der Waals surface area contributed by atoms with Crippen molar-refractivity contribution in [3.63, 3.8) is 0 Å². The van der Waals surface area contributed by atoms with Gasteiger partial charge in [-0.2, -0.15) is 0 Å². The van der Waals surface area contributed by atoms with Crippen LogP contribution in [0.15, 0.2) is 24.3 Å². The zero-order valence-corrected chi connectivity index (χ0v) is 20.6. The number of hydrogen-bond acceptors (Lipinski definition) is 6. The van der Waals surface area contributed by atoms with E-state index in [1.165, 1.54) is 12.8 Å². The number of hydrogen-bond donors (Lipinski definition) is 0. The van der Waals surface area contributed by atoms with E-state index in [1.54, 1.807) is 13.8 Å². The minimum Gasteiger partial charge on any atom is -0.463 e. The van der Waals surface area contributed by atoms with Crippen LogP contribution in [-0.4, -0.2) is 61.0 Å². The van der Waals surface area contributed by atoms with Crippen molar-refractivity contribution in [2.24, 2.45) is 0 Å². The first kappa shape index (κ1) is 37.8. The molecule has 0 rings (SSSR count). The normalized spacial score (nSPS) is 8.76. The van der Waals surface area contributed by atoms with Crippen LogP contribution in [0.25, 0.3) is 0 Å². The number of esters is 2. The van der Waals surface area contributed by atoms with E-state index in [2.05, 4.69) is 37.2 Å². The van der Waals surface area contributed by atoms with Gasteiger partial charge in [-0.15, -0.1) is 0 Å². The minimum absolute atomic E-state index is 0. The third kappa shape index (κ3) is 58.5. The monoisotopic (exact) mass is 520 g/mol. The summed E-state index contributed by atoms with van der Waals surface area (Å²) in [6.07, 6.45) is 7.41. The van der Waals surface area contributed by atoms with Crippen LogP contribution in [0.4, 0.5) is 0 Å². The molecular formula is C20H32O8Sn. The Morgan fingerprint density at radius 3 is 1.03 bits per heavy atom. The molecule has 8 radical (unpaired) electrons. The van der Waals surface area contributed by atoms with E-state index in [9.17, 15) is 29.4 Å². The van der Waals surface area contributed by atoms with Crippen molar-refractivity contribution < 1.29 is 38.9 Å². The molecule has 0 aromatic heterocycles. The molecule has 0 saturated carbocycles. The molecule has 0 atom stereocenters. The minimum atomic E-state index is -1.41. The Kier molecular flexibility index (Phi) is 44.0. The molecule has 0 aliphatic heterocycles. The second kappa shape index (κ2) is 33.7. The van der Waals surface area contributed by atoms with E-state index in [0.717, 1.165) is 25.0 Å². The van der Waals surface area contributed by atoms with Gasteiger partial charge in [-0.25, -0.2) is 29.4 Å². The summed E-state index contributed by atoms with van der Waals surface area (Å²) in [5, 5.41) is 19.4.